The van der Waals surface area contributed by atoms with Crippen LogP contribution in [0.25, 0.3) is 0 Å². The maximum absolute atomic E-state index is 11.4. The highest BCUT2D eigenvalue weighted by Gasteiger charge is 2.11. The summed E-state index contributed by atoms with van der Waals surface area (Å²) in [7, 11) is 0. The Morgan fingerprint density at radius 1 is 0.920 bits per heavy atom. The average molecular weight is 372 g/mol. The van der Waals surface area contributed by atoms with E-state index < -0.39 is 5.38 Å². The van der Waals surface area contributed by atoms with Gasteiger partial charge in [-0.15, -0.1) is 11.6 Å². The highest BCUT2D eigenvalue weighted by atomic mass is 35.5. The highest BCUT2D eigenvalue weighted by Crippen LogP contribution is 2.22. The Balaban J connectivity index is 3.78. The number of rotatable bonds is 15. The SMILES string of the molecule is C/C(=C\C(Cl)C(=O)CN)CCC[C@H](C)CCC[C@H](C)CCCC(C)C. The molecule has 3 heteroatoms. The van der Waals surface area contributed by atoms with Crippen molar-refractivity contribution in [3.63, 3.8) is 0 Å². The topological polar surface area (TPSA) is 43.1 Å². The number of ketones is 1. The molecule has 0 radical (unpaired) electrons. The number of allylic oxidation sites excluding steroid dienone is 2. The lowest BCUT2D eigenvalue weighted by atomic mass is 9.91. The Morgan fingerprint density at radius 3 is 1.88 bits per heavy atom. The fourth-order valence-corrected chi connectivity index (χ4v) is 3.55. The van der Waals surface area contributed by atoms with Gasteiger partial charge < -0.3 is 5.73 Å². The van der Waals surface area contributed by atoms with Crippen molar-refractivity contribution in [2.75, 3.05) is 6.54 Å². The second kappa shape index (κ2) is 14.8. The predicted molar refractivity (Wildman–Crippen MR) is 112 cm³/mol. The molecule has 1 unspecified atom stereocenters. The van der Waals surface area contributed by atoms with Gasteiger partial charge >= 0.3 is 0 Å². The van der Waals surface area contributed by atoms with Crippen molar-refractivity contribution in [3.8, 4) is 0 Å². The van der Waals surface area contributed by atoms with Crippen molar-refractivity contribution in [1.29, 1.82) is 0 Å². The molecule has 2 nitrogen and oxygen atoms in total. The van der Waals surface area contributed by atoms with Crippen molar-refractivity contribution in [3.05, 3.63) is 11.6 Å². The molecule has 0 saturated carbocycles. The van der Waals surface area contributed by atoms with E-state index in [1.54, 1.807) is 0 Å². The molecule has 0 amide bonds. The summed E-state index contributed by atoms with van der Waals surface area (Å²) in [5.41, 5.74) is 6.53. The molecule has 0 aromatic carbocycles. The normalized spacial score (nSPS) is 16.1. The number of alkyl halides is 1. The third kappa shape index (κ3) is 14.5. The van der Waals surface area contributed by atoms with Crippen molar-refractivity contribution in [1.82, 2.24) is 0 Å². The van der Waals surface area contributed by atoms with Gasteiger partial charge in [-0.25, -0.2) is 0 Å². The third-order valence-corrected chi connectivity index (χ3v) is 5.45. The summed E-state index contributed by atoms with van der Waals surface area (Å²) in [6.45, 7) is 11.5. The van der Waals surface area contributed by atoms with Gasteiger partial charge in [-0.3, -0.25) is 4.79 Å². The number of hydrogen-bond donors (Lipinski definition) is 1. The predicted octanol–water partition coefficient (Wildman–Crippen LogP) is 6.51. The van der Waals surface area contributed by atoms with E-state index in [0.717, 1.165) is 24.2 Å². The largest absolute Gasteiger partial charge is 0.324 e. The van der Waals surface area contributed by atoms with Gasteiger partial charge in [-0.1, -0.05) is 84.3 Å². The van der Waals surface area contributed by atoms with E-state index in [4.69, 9.17) is 17.3 Å². The smallest absolute Gasteiger partial charge is 0.168 e. The third-order valence-electron chi connectivity index (χ3n) is 5.08. The van der Waals surface area contributed by atoms with Crippen LogP contribution in [-0.4, -0.2) is 17.7 Å². The molecular weight excluding hydrogens is 330 g/mol. The summed E-state index contributed by atoms with van der Waals surface area (Å²) in [6, 6.07) is 0. The minimum Gasteiger partial charge on any atom is -0.324 e. The number of nitrogens with two attached hydrogens (primary N) is 1. The van der Waals surface area contributed by atoms with E-state index in [9.17, 15) is 4.79 Å². The second-order valence-electron chi connectivity index (χ2n) is 8.44. The van der Waals surface area contributed by atoms with Crippen molar-refractivity contribution >= 4 is 17.4 Å². The fraction of sp³-hybridized carbons (Fsp3) is 0.864. The molecule has 25 heavy (non-hydrogen) atoms. The lowest BCUT2D eigenvalue weighted by Crippen LogP contribution is -2.22. The lowest BCUT2D eigenvalue weighted by molar-refractivity contribution is -0.116. The first-order valence-corrected chi connectivity index (χ1v) is 10.7. The Kier molecular flexibility index (Phi) is 14.6. The molecule has 0 aromatic rings. The molecule has 0 heterocycles. The van der Waals surface area contributed by atoms with Crippen LogP contribution in [0.5, 0.6) is 0 Å². The molecule has 0 rings (SSSR count). The summed E-state index contributed by atoms with van der Waals surface area (Å²) < 4.78 is 0. The molecule has 2 N–H and O–H groups in total. The number of carbonyl (C=O) groups is 1. The van der Waals surface area contributed by atoms with Crippen LogP contribution in [0.2, 0.25) is 0 Å². The fourth-order valence-electron chi connectivity index (χ4n) is 3.25. The number of hydrogen-bond acceptors (Lipinski definition) is 2. The Hall–Kier alpha value is -0.340. The molecule has 0 aliphatic heterocycles. The second-order valence-corrected chi connectivity index (χ2v) is 8.91. The van der Waals surface area contributed by atoms with Gasteiger partial charge in [0.15, 0.2) is 5.78 Å². The average Bonchev–Trinajstić information content (AvgIpc) is 2.53. The summed E-state index contributed by atoms with van der Waals surface area (Å²) in [6.07, 6.45) is 13.5. The Bertz CT molecular complexity index is 378. The molecule has 0 saturated heterocycles. The van der Waals surface area contributed by atoms with Gasteiger partial charge in [-0.05, 0) is 37.5 Å². The van der Waals surface area contributed by atoms with Crippen LogP contribution in [0.15, 0.2) is 11.6 Å². The molecule has 0 aliphatic carbocycles. The van der Waals surface area contributed by atoms with E-state index in [1.165, 1.54) is 56.9 Å². The van der Waals surface area contributed by atoms with Gasteiger partial charge in [0.2, 0.25) is 0 Å². The zero-order chi connectivity index (χ0) is 19.2. The van der Waals surface area contributed by atoms with Crippen LogP contribution >= 0.6 is 11.6 Å². The van der Waals surface area contributed by atoms with Crippen LogP contribution in [0, 0.1) is 17.8 Å². The maximum Gasteiger partial charge on any atom is 0.168 e. The molecule has 3 atom stereocenters. The van der Waals surface area contributed by atoms with Crippen LogP contribution in [0.1, 0.15) is 92.4 Å². The monoisotopic (exact) mass is 371 g/mol. The van der Waals surface area contributed by atoms with Crippen molar-refractivity contribution in [2.45, 2.75) is 97.8 Å². The molecule has 0 bridgehead atoms. The zero-order valence-corrected chi connectivity index (χ0v) is 18.1. The number of halogens is 1. The van der Waals surface area contributed by atoms with E-state index in [2.05, 4.69) is 34.6 Å². The number of carbonyl (C=O) groups excluding carboxylic acids is 1. The summed E-state index contributed by atoms with van der Waals surface area (Å²) in [4.78, 5) is 11.4. The molecule has 0 spiro atoms. The summed E-state index contributed by atoms with van der Waals surface area (Å²) in [5.74, 6) is 2.40. The van der Waals surface area contributed by atoms with E-state index >= 15 is 0 Å². The van der Waals surface area contributed by atoms with Crippen molar-refractivity contribution in [2.24, 2.45) is 23.5 Å². The highest BCUT2D eigenvalue weighted by molar-refractivity contribution is 6.32. The molecule has 0 fully saturated rings. The van der Waals surface area contributed by atoms with Crippen LogP contribution in [0.3, 0.4) is 0 Å². The summed E-state index contributed by atoms with van der Waals surface area (Å²) in [5, 5.41) is -0.556. The first-order chi connectivity index (χ1) is 11.8. The Labute approximate surface area is 162 Å². The first-order valence-electron chi connectivity index (χ1n) is 10.3. The van der Waals surface area contributed by atoms with Crippen LogP contribution in [-0.2, 0) is 4.79 Å². The van der Waals surface area contributed by atoms with Gasteiger partial charge in [0.1, 0.15) is 5.38 Å². The van der Waals surface area contributed by atoms with Gasteiger partial charge in [0.25, 0.3) is 0 Å². The van der Waals surface area contributed by atoms with Gasteiger partial charge in [0, 0.05) is 0 Å². The summed E-state index contributed by atoms with van der Waals surface area (Å²) >= 11 is 6.01. The quantitative estimate of drug-likeness (QED) is 0.263. The minimum atomic E-state index is -0.556. The molecule has 0 aromatic heterocycles. The standard InChI is InChI=1S/C22H42ClNO/c1-17(2)9-6-10-18(3)11-7-12-19(4)13-8-14-20(5)15-21(23)22(25)16-24/h15,17-19,21H,6-14,16,24H2,1-5H3/b20-15+/t18-,19-,21?/m1/s1. The first kappa shape index (κ1) is 24.7. The lowest BCUT2D eigenvalue weighted by Gasteiger charge is -2.15. The number of Topliss-reactive ketones (excluding diaryl/α,β-unsaturated/α-hetero) is 1. The van der Waals surface area contributed by atoms with E-state index in [1.807, 2.05) is 6.08 Å². The minimum absolute atomic E-state index is 0.0187. The van der Waals surface area contributed by atoms with Crippen LogP contribution < -0.4 is 5.73 Å². The van der Waals surface area contributed by atoms with Crippen molar-refractivity contribution < 1.29 is 4.79 Å². The van der Waals surface area contributed by atoms with Gasteiger partial charge in [0.05, 0.1) is 6.54 Å². The van der Waals surface area contributed by atoms with Crippen LogP contribution in [0.4, 0.5) is 0 Å². The van der Waals surface area contributed by atoms with E-state index in [-0.39, 0.29) is 12.3 Å². The zero-order valence-electron chi connectivity index (χ0n) is 17.3. The molecule has 148 valence electrons. The maximum atomic E-state index is 11.4. The van der Waals surface area contributed by atoms with Gasteiger partial charge in [-0.2, -0.15) is 0 Å². The molecule has 0 aliphatic rings. The Morgan fingerprint density at radius 2 is 1.40 bits per heavy atom. The molecular formula is C22H42ClNO. The van der Waals surface area contributed by atoms with E-state index in [0.29, 0.717) is 0 Å².